The summed E-state index contributed by atoms with van der Waals surface area (Å²) in [5, 5.41) is 0.692. The van der Waals surface area contributed by atoms with E-state index >= 15 is 0 Å². The number of alkyl halides is 2. The Morgan fingerprint density at radius 3 is 2.62 bits per heavy atom. The second kappa shape index (κ2) is 7.98. The lowest BCUT2D eigenvalue weighted by Gasteiger charge is -2.14. The van der Waals surface area contributed by atoms with Crippen molar-refractivity contribution in [3.05, 3.63) is 77.9 Å². The molecule has 0 amide bonds. The fourth-order valence-electron chi connectivity index (χ4n) is 3.87. The Labute approximate surface area is 188 Å². The molecule has 7 heteroatoms. The predicted octanol–water partition coefficient (Wildman–Crippen LogP) is 6.56. The molecule has 0 unspecified atom stereocenters. The number of Topliss-reactive ketones (excluding diaryl/α,β-unsaturated/α-hetero) is 1. The molecule has 0 spiro atoms. The molecule has 1 aliphatic carbocycles. The largest absolute Gasteiger partial charge is 0.294 e. The van der Waals surface area contributed by atoms with Crippen LogP contribution in [-0.2, 0) is 12.3 Å². The Hall–Kier alpha value is -3.32. The zero-order chi connectivity index (χ0) is 22.3. The molecule has 5 rings (SSSR count). The van der Waals surface area contributed by atoms with Crippen molar-refractivity contribution in [1.82, 2.24) is 15.0 Å². The second-order valence-electron chi connectivity index (χ2n) is 7.93. The maximum Gasteiger partial charge on any atom is 0.270 e. The summed E-state index contributed by atoms with van der Waals surface area (Å²) in [6.45, 7) is 0.898. The minimum atomic E-state index is -2.98. The molecule has 1 aliphatic rings. The maximum atomic E-state index is 14.2. The number of pyridine rings is 2. The minimum absolute atomic E-state index is 0.0609. The number of aromatic nitrogens is 3. The lowest BCUT2D eigenvalue weighted by Crippen LogP contribution is -2.12. The van der Waals surface area contributed by atoms with Gasteiger partial charge in [-0.25, -0.2) is 18.7 Å². The first-order valence-corrected chi connectivity index (χ1v) is 11.1. The van der Waals surface area contributed by atoms with Gasteiger partial charge in [0, 0.05) is 48.6 Å². The Kier molecular flexibility index (Phi) is 5.13. The highest BCUT2D eigenvalue weighted by Gasteiger charge is 2.26. The summed E-state index contributed by atoms with van der Waals surface area (Å²) in [6, 6.07) is 12.1. The molecular weight excluding hydrogens is 428 g/mol. The number of carbonyl (C=O) groups excluding carboxylic acids is 1. The number of carbonyl (C=O) groups is 1. The Balaban J connectivity index is 1.56. The highest BCUT2D eigenvalue weighted by atomic mass is 32.1. The van der Waals surface area contributed by atoms with Crippen LogP contribution in [0.15, 0.2) is 61.1 Å². The summed E-state index contributed by atoms with van der Waals surface area (Å²) >= 11 is 1.39. The first-order valence-electron chi connectivity index (χ1n) is 10.3. The molecule has 0 N–H and O–H groups in total. The summed E-state index contributed by atoms with van der Waals surface area (Å²) in [4.78, 5) is 26.1. The number of aryl methyl sites for hydroxylation is 1. The molecule has 4 nitrogen and oxygen atoms in total. The van der Waals surface area contributed by atoms with Crippen molar-refractivity contribution >= 4 is 17.1 Å². The van der Waals surface area contributed by atoms with E-state index in [0.29, 0.717) is 33.8 Å². The molecule has 0 atom stereocenters. The molecule has 0 fully saturated rings. The van der Waals surface area contributed by atoms with Crippen molar-refractivity contribution in [2.24, 2.45) is 0 Å². The third-order valence-corrected chi connectivity index (χ3v) is 6.61. The van der Waals surface area contributed by atoms with Gasteiger partial charge in [-0.15, -0.1) is 11.3 Å². The van der Waals surface area contributed by atoms with E-state index in [2.05, 4.69) is 15.0 Å². The van der Waals surface area contributed by atoms with Gasteiger partial charge < -0.3 is 0 Å². The Morgan fingerprint density at radius 1 is 1.00 bits per heavy atom. The first kappa shape index (κ1) is 20.6. The molecule has 0 radical (unpaired) electrons. The van der Waals surface area contributed by atoms with Gasteiger partial charge in [0.2, 0.25) is 0 Å². The summed E-state index contributed by atoms with van der Waals surface area (Å²) in [7, 11) is 0. The number of rotatable bonds is 4. The highest BCUT2D eigenvalue weighted by Crippen LogP contribution is 2.38. The number of ketones is 1. The van der Waals surface area contributed by atoms with Crippen molar-refractivity contribution in [3.63, 3.8) is 0 Å². The van der Waals surface area contributed by atoms with Crippen LogP contribution in [0.1, 0.15) is 41.4 Å². The van der Waals surface area contributed by atoms with Crippen molar-refractivity contribution in [2.45, 2.75) is 32.1 Å². The van der Waals surface area contributed by atoms with Crippen LogP contribution in [0.4, 0.5) is 8.78 Å². The molecule has 160 valence electrons. The molecule has 3 aromatic heterocycles. The Bertz CT molecular complexity index is 1310. The lowest BCUT2D eigenvalue weighted by atomic mass is 9.94. The number of benzene rings is 1. The van der Waals surface area contributed by atoms with Crippen LogP contribution < -0.4 is 0 Å². The molecule has 4 aromatic rings. The van der Waals surface area contributed by atoms with E-state index in [4.69, 9.17) is 0 Å². The van der Waals surface area contributed by atoms with Crippen molar-refractivity contribution in [1.29, 1.82) is 0 Å². The van der Waals surface area contributed by atoms with Gasteiger partial charge in [-0.2, -0.15) is 0 Å². The van der Waals surface area contributed by atoms with E-state index < -0.39 is 5.92 Å². The molecule has 0 saturated carbocycles. The van der Waals surface area contributed by atoms with E-state index in [1.807, 2.05) is 24.3 Å². The van der Waals surface area contributed by atoms with Crippen LogP contribution >= 0.6 is 11.3 Å². The number of nitrogens with zero attached hydrogens (tertiary/aromatic N) is 3. The molecular formula is C25H19F2N3OS. The van der Waals surface area contributed by atoms with Gasteiger partial charge in [0.05, 0.1) is 16.3 Å². The van der Waals surface area contributed by atoms with Crippen LogP contribution in [0.3, 0.4) is 0 Å². The van der Waals surface area contributed by atoms with Gasteiger partial charge in [-0.3, -0.25) is 9.78 Å². The number of halogens is 2. The third kappa shape index (κ3) is 3.96. The zero-order valence-electron chi connectivity index (χ0n) is 17.3. The molecule has 0 bridgehead atoms. The number of thiazole rings is 1. The van der Waals surface area contributed by atoms with Crippen LogP contribution in [0.25, 0.3) is 32.3 Å². The standard InChI is InChI=1S/C25H19F2N3OS/c1-25(26,27)18-11-16(15-4-3-9-28-13-15)10-17(12-18)23-14-29-24(32-23)21-8-7-19-20(30-21)5-2-6-22(19)31/h3-4,7-14H,2,5-6H2,1H3. The molecule has 3 heterocycles. The van der Waals surface area contributed by atoms with Crippen molar-refractivity contribution in [3.8, 4) is 32.3 Å². The monoisotopic (exact) mass is 447 g/mol. The van der Waals surface area contributed by atoms with Crippen molar-refractivity contribution in [2.75, 3.05) is 0 Å². The van der Waals surface area contributed by atoms with Gasteiger partial charge in [0.1, 0.15) is 5.01 Å². The van der Waals surface area contributed by atoms with Gasteiger partial charge in [0.25, 0.3) is 5.92 Å². The van der Waals surface area contributed by atoms with Gasteiger partial charge >= 0.3 is 0 Å². The van der Waals surface area contributed by atoms with Gasteiger partial charge in [-0.1, -0.05) is 6.07 Å². The Morgan fingerprint density at radius 2 is 1.84 bits per heavy atom. The van der Waals surface area contributed by atoms with Gasteiger partial charge in [0.15, 0.2) is 5.78 Å². The molecule has 32 heavy (non-hydrogen) atoms. The summed E-state index contributed by atoms with van der Waals surface area (Å²) < 4.78 is 28.5. The van der Waals surface area contributed by atoms with Crippen LogP contribution in [0, 0.1) is 0 Å². The van der Waals surface area contributed by atoms with Gasteiger partial charge in [-0.05, 0) is 60.4 Å². The number of hydrogen-bond acceptors (Lipinski definition) is 5. The van der Waals surface area contributed by atoms with Crippen LogP contribution in [-0.4, -0.2) is 20.7 Å². The molecule has 0 saturated heterocycles. The fourth-order valence-corrected chi connectivity index (χ4v) is 4.74. The summed E-state index contributed by atoms with van der Waals surface area (Å²) in [5.41, 5.74) is 4.24. The fraction of sp³-hybridized carbons (Fsp3) is 0.200. The highest BCUT2D eigenvalue weighted by molar-refractivity contribution is 7.18. The quantitative estimate of drug-likeness (QED) is 0.355. The normalized spacial score (nSPS) is 13.8. The van der Waals surface area contributed by atoms with Crippen LogP contribution in [0.5, 0.6) is 0 Å². The van der Waals surface area contributed by atoms with Crippen LogP contribution in [0.2, 0.25) is 0 Å². The van der Waals surface area contributed by atoms with E-state index in [-0.39, 0.29) is 11.3 Å². The number of fused-ring (bicyclic) bond motifs is 1. The minimum Gasteiger partial charge on any atom is -0.294 e. The van der Waals surface area contributed by atoms with E-state index in [1.54, 1.807) is 24.7 Å². The van der Waals surface area contributed by atoms with E-state index in [9.17, 15) is 13.6 Å². The first-order chi connectivity index (χ1) is 15.4. The predicted molar refractivity (Wildman–Crippen MR) is 121 cm³/mol. The lowest BCUT2D eigenvalue weighted by molar-refractivity contribution is 0.0175. The SMILES string of the molecule is CC(F)(F)c1cc(-c2cccnc2)cc(-c2cnc(-c3ccc4c(n3)CCCC4=O)s2)c1. The molecule has 0 aliphatic heterocycles. The average molecular weight is 448 g/mol. The molecule has 1 aromatic carbocycles. The van der Waals surface area contributed by atoms with Crippen molar-refractivity contribution < 1.29 is 13.6 Å². The third-order valence-electron chi connectivity index (χ3n) is 5.54. The summed E-state index contributed by atoms with van der Waals surface area (Å²) in [6.07, 6.45) is 7.14. The smallest absolute Gasteiger partial charge is 0.270 e. The van der Waals surface area contributed by atoms with E-state index in [1.165, 1.54) is 23.5 Å². The number of hydrogen-bond donors (Lipinski definition) is 0. The average Bonchev–Trinajstić information content (AvgIpc) is 3.29. The zero-order valence-corrected chi connectivity index (χ0v) is 18.1. The second-order valence-corrected chi connectivity index (χ2v) is 8.96. The maximum absolute atomic E-state index is 14.2. The summed E-state index contributed by atoms with van der Waals surface area (Å²) in [5.74, 6) is -2.85. The van der Waals surface area contributed by atoms with E-state index in [0.717, 1.165) is 35.9 Å². The topological polar surface area (TPSA) is 55.7 Å².